The second-order valence-corrected chi connectivity index (χ2v) is 9.98. The number of primary amides is 1. The predicted molar refractivity (Wildman–Crippen MR) is 153 cm³/mol. The third kappa shape index (κ3) is 7.90. The Balaban J connectivity index is 2.00. The van der Waals surface area contributed by atoms with Crippen LogP contribution in [0, 0.1) is 0 Å². The molecule has 0 heterocycles. The molecule has 2 amide bonds. The van der Waals surface area contributed by atoms with Crippen LogP contribution in [0.3, 0.4) is 0 Å². The van der Waals surface area contributed by atoms with Crippen molar-refractivity contribution in [2.24, 2.45) is 5.73 Å². The Labute approximate surface area is 230 Å². The van der Waals surface area contributed by atoms with Crippen LogP contribution in [0.25, 0.3) is 0 Å². The number of carbonyl (C=O) groups is 2. The monoisotopic (exact) mass is 535 g/mol. The normalized spacial score (nSPS) is 12.6. The number of carbonyl (C=O) groups excluding carboxylic acids is 2. The van der Waals surface area contributed by atoms with E-state index in [-0.39, 0.29) is 18.0 Å². The van der Waals surface area contributed by atoms with E-state index in [0.717, 1.165) is 24.0 Å². The molecule has 6 nitrogen and oxygen atoms in total. The van der Waals surface area contributed by atoms with Crippen LogP contribution in [-0.2, 0) is 13.0 Å². The van der Waals surface area contributed by atoms with Gasteiger partial charge in [0.15, 0.2) is 0 Å². The molecule has 3 aromatic carbocycles. The summed E-state index contributed by atoms with van der Waals surface area (Å²) in [5, 5.41) is 15.5. The molecule has 4 N–H and O–H groups in total. The molecule has 0 aliphatic rings. The largest absolute Gasteiger partial charge is 0.391 e. The minimum absolute atomic E-state index is 0.147. The van der Waals surface area contributed by atoms with Gasteiger partial charge in [-0.15, -0.1) is 0 Å². The molecule has 0 saturated carbocycles. The van der Waals surface area contributed by atoms with Gasteiger partial charge in [0.1, 0.15) is 0 Å². The summed E-state index contributed by atoms with van der Waals surface area (Å²) in [5.41, 5.74) is 9.04. The van der Waals surface area contributed by atoms with Crippen molar-refractivity contribution in [2.45, 2.75) is 51.7 Å². The molecule has 7 heteroatoms. The summed E-state index contributed by atoms with van der Waals surface area (Å²) >= 11 is 6.00. The van der Waals surface area contributed by atoms with E-state index in [0.29, 0.717) is 42.2 Å². The van der Waals surface area contributed by atoms with Gasteiger partial charge in [0.2, 0.25) is 5.91 Å². The first-order valence-corrected chi connectivity index (χ1v) is 13.6. The molecule has 38 heavy (non-hydrogen) atoms. The summed E-state index contributed by atoms with van der Waals surface area (Å²) in [7, 11) is 0. The van der Waals surface area contributed by atoms with Crippen molar-refractivity contribution < 1.29 is 14.7 Å². The van der Waals surface area contributed by atoms with Crippen molar-refractivity contribution >= 4 is 23.4 Å². The second kappa shape index (κ2) is 14.7. The van der Waals surface area contributed by atoms with Crippen LogP contribution >= 0.6 is 11.6 Å². The molecule has 2 atom stereocenters. The average Bonchev–Trinajstić information content (AvgIpc) is 2.92. The fourth-order valence-electron chi connectivity index (χ4n) is 4.80. The van der Waals surface area contributed by atoms with Crippen LogP contribution in [0.5, 0.6) is 0 Å². The quantitative estimate of drug-likeness (QED) is 0.265. The molecule has 3 rings (SSSR count). The Morgan fingerprint density at radius 2 is 1.53 bits per heavy atom. The van der Waals surface area contributed by atoms with Gasteiger partial charge < -0.3 is 21.1 Å². The van der Waals surface area contributed by atoms with Crippen LogP contribution in [0.2, 0.25) is 5.02 Å². The summed E-state index contributed by atoms with van der Waals surface area (Å²) in [5.74, 6) is -1.30. The Bertz CT molecular complexity index is 1180. The Hall–Kier alpha value is -3.19. The minimum atomic E-state index is -0.889. The Morgan fingerprint density at radius 1 is 0.895 bits per heavy atom. The van der Waals surface area contributed by atoms with E-state index in [1.807, 2.05) is 73.3 Å². The predicted octanol–water partition coefficient (Wildman–Crippen LogP) is 5.18. The molecule has 0 unspecified atom stereocenters. The first-order chi connectivity index (χ1) is 18.3. The number of hydrogen-bond acceptors (Lipinski definition) is 4. The molecule has 0 spiro atoms. The number of amides is 2. The van der Waals surface area contributed by atoms with Crippen LogP contribution in [0.15, 0.2) is 72.8 Å². The van der Waals surface area contributed by atoms with Gasteiger partial charge in [-0.1, -0.05) is 74.0 Å². The summed E-state index contributed by atoms with van der Waals surface area (Å²) in [4.78, 5) is 28.2. The van der Waals surface area contributed by atoms with Gasteiger partial charge in [-0.2, -0.15) is 0 Å². The zero-order valence-electron chi connectivity index (χ0n) is 22.2. The van der Waals surface area contributed by atoms with Crippen molar-refractivity contribution in [1.29, 1.82) is 0 Å². The number of nitrogens with zero attached hydrogens (tertiary/aromatic N) is 1. The molecular weight excluding hydrogens is 498 g/mol. The second-order valence-electron chi connectivity index (χ2n) is 9.54. The van der Waals surface area contributed by atoms with Crippen molar-refractivity contribution in [3.63, 3.8) is 0 Å². The van der Waals surface area contributed by atoms with E-state index >= 15 is 0 Å². The van der Waals surface area contributed by atoms with Gasteiger partial charge in [-0.3, -0.25) is 9.59 Å². The molecule has 202 valence electrons. The maximum Gasteiger partial charge on any atom is 0.254 e. The molecule has 0 fully saturated rings. The fourth-order valence-corrected chi connectivity index (χ4v) is 4.92. The summed E-state index contributed by atoms with van der Waals surface area (Å²) in [6.45, 7) is 6.09. The van der Waals surface area contributed by atoms with Crippen LogP contribution in [-0.4, -0.2) is 47.6 Å². The van der Waals surface area contributed by atoms with E-state index in [9.17, 15) is 14.7 Å². The number of aliphatic hydroxyl groups excluding tert-OH is 1. The highest BCUT2D eigenvalue weighted by atomic mass is 35.5. The highest BCUT2D eigenvalue weighted by Crippen LogP contribution is 2.32. The lowest BCUT2D eigenvalue weighted by Gasteiger charge is -2.29. The highest BCUT2D eigenvalue weighted by Gasteiger charge is 2.31. The molecule has 0 aliphatic heterocycles. The number of nitrogens with one attached hydrogen (secondary N) is 1. The number of aliphatic hydroxyl groups is 1. The lowest BCUT2D eigenvalue weighted by atomic mass is 9.81. The highest BCUT2D eigenvalue weighted by molar-refractivity contribution is 6.30. The summed E-state index contributed by atoms with van der Waals surface area (Å²) < 4.78 is 0. The third-order valence-electron chi connectivity index (χ3n) is 6.61. The standard InChI is InChI=1S/C31H38ClN3O3/c1-3-17-35(18-4-2)31(38)26-12-8-11-25(30(33)37)29(26)27(19-22-9-6-5-7-10-22)28(36)21-34-20-23-13-15-24(32)16-14-23/h5-16,27-28,34,36H,3-4,17-21H2,1-2H3,(H2,33,37)/t27-,28+/m1/s1. The molecule has 0 radical (unpaired) electrons. The van der Waals surface area contributed by atoms with Gasteiger partial charge >= 0.3 is 0 Å². The van der Waals surface area contributed by atoms with Gasteiger partial charge in [-0.25, -0.2) is 0 Å². The van der Waals surface area contributed by atoms with Crippen molar-refractivity contribution in [3.05, 3.63) is 106 Å². The maximum atomic E-state index is 13.8. The zero-order chi connectivity index (χ0) is 27.5. The van der Waals surface area contributed by atoms with Crippen LogP contribution in [0.1, 0.15) is 70.0 Å². The molecule has 0 aliphatic carbocycles. The topological polar surface area (TPSA) is 95.7 Å². The molecular formula is C31H38ClN3O3. The van der Waals surface area contributed by atoms with E-state index < -0.39 is 17.9 Å². The first-order valence-electron chi connectivity index (χ1n) is 13.2. The number of hydrogen-bond donors (Lipinski definition) is 3. The third-order valence-corrected chi connectivity index (χ3v) is 6.86. The van der Waals surface area contributed by atoms with Gasteiger partial charge in [-0.05, 0) is 60.2 Å². The van der Waals surface area contributed by atoms with E-state index in [4.69, 9.17) is 17.3 Å². The molecule has 0 bridgehead atoms. The minimum Gasteiger partial charge on any atom is -0.391 e. The lowest BCUT2D eigenvalue weighted by molar-refractivity contribution is 0.0751. The van der Waals surface area contributed by atoms with Gasteiger partial charge in [0.25, 0.3) is 5.91 Å². The number of halogens is 1. The van der Waals surface area contributed by atoms with Crippen molar-refractivity contribution in [2.75, 3.05) is 19.6 Å². The average molecular weight is 536 g/mol. The summed E-state index contributed by atoms with van der Waals surface area (Å²) in [6.07, 6.45) is 1.19. The number of benzene rings is 3. The molecule has 3 aromatic rings. The fraction of sp³-hybridized carbons (Fsp3) is 0.355. The van der Waals surface area contributed by atoms with Gasteiger partial charge in [0, 0.05) is 48.2 Å². The van der Waals surface area contributed by atoms with Crippen molar-refractivity contribution in [3.8, 4) is 0 Å². The van der Waals surface area contributed by atoms with E-state index in [1.54, 1.807) is 18.2 Å². The summed E-state index contributed by atoms with van der Waals surface area (Å²) in [6, 6.07) is 22.4. The Kier molecular flexibility index (Phi) is 11.3. The molecule has 0 saturated heterocycles. The Morgan fingerprint density at radius 3 is 2.13 bits per heavy atom. The van der Waals surface area contributed by atoms with E-state index in [1.165, 1.54) is 0 Å². The number of nitrogens with two attached hydrogens (primary N) is 1. The molecule has 0 aromatic heterocycles. The zero-order valence-corrected chi connectivity index (χ0v) is 23.0. The van der Waals surface area contributed by atoms with Crippen LogP contribution < -0.4 is 11.1 Å². The van der Waals surface area contributed by atoms with Crippen molar-refractivity contribution in [1.82, 2.24) is 10.2 Å². The maximum absolute atomic E-state index is 13.8. The smallest absolute Gasteiger partial charge is 0.254 e. The van der Waals surface area contributed by atoms with E-state index in [2.05, 4.69) is 5.32 Å². The SMILES string of the molecule is CCCN(CCC)C(=O)c1cccc(C(N)=O)c1[C@H](Cc1ccccc1)[C@@H](O)CNCc1ccc(Cl)cc1. The lowest BCUT2D eigenvalue weighted by Crippen LogP contribution is -2.37. The first kappa shape index (κ1) is 29.4. The number of rotatable bonds is 14. The van der Waals surface area contributed by atoms with Gasteiger partial charge in [0.05, 0.1) is 6.10 Å². The van der Waals surface area contributed by atoms with Crippen LogP contribution in [0.4, 0.5) is 0 Å².